The van der Waals surface area contributed by atoms with Crippen LogP contribution in [0.3, 0.4) is 0 Å². The summed E-state index contributed by atoms with van der Waals surface area (Å²) in [5.74, 6) is 0.884. The SMILES string of the molecule is CNC(c1ccc(OC)cc1)c1sc(C)cc1Br. The summed E-state index contributed by atoms with van der Waals surface area (Å²) in [5, 5.41) is 3.37. The number of aryl methyl sites for hydroxylation is 1. The van der Waals surface area contributed by atoms with Crippen molar-refractivity contribution in [2.75, 3.05) is 14.2 Å². The van der Waals surface area contributed by atoms with Gasteiger partial charge in [0, 0.05) is 14.2 Å². The molecule has 1 N–H and O–H groups in total. The van der Waals surface area contributed by atoms with E-state index in [0.29, 0.717) is 0 Å². The van der Waals surface area contributed by atoms with Gasteiger partial charge in [0.2, 0.25) is 0 Å². The Balaban J connectivity index is 2.35. The topological polar surface area (TPSA) is 21.3 Å². The highest BCUT2D eigenvalue weighted by Gasteiger charge is 2.17. The van der Waals surface area contributed by atoms with E-state index in [2.05, 4.69) is 46.4 Å². The molecule has 2 nitrogen and oxygen atoms in total. The molecule has 0 saturated heterocycles. The first kappa shape index (κ1) is 13.6. The van der Waals surface area contributed by atoms with Crippen LogP contribution in [0.15, 0.2) is 34.8 Å². The van der Waals surface area contributed by atoms with E-state index in [1.165, 1.54) is 19.8 Å². The molecule has 1 aromatic heterocycles. The molecule has 18 heavy (non-hydrogen) atoms. The highest BCUT2D eigenvalue weighted by Crippen LogP contribution is 2.35. The summed E-state index contributed by atoms with van der Waals surface area (Å²) >= 11 is 5.44. The molecular weight excluding hydrogens is 310 g/mol. The number of rotatable bonds is 4. The van der Waals surface area contributed by atoms with Gasteiger partial charge in [-0.25, -0.2) is 0 Å². The van der Waals surface area contributed by atoms with E-state index in [1.807, 2.05) is 30.5 Å². The molecule has 1 aromatic carbocycles. The van der Waals surface area contributed by atoms with E-state index >= 15 is 0 Å². The normalized spacial score (nSPS) is 12.4. The number of benzene rings is 1. The molecule has 0 aliphatic heterocycles. The quantitative estimate of drug-likeness (QED) is 0.912. The number of ether oxygens (including phenoxy) is 1. The Kier molecular flexibility index (Phi) is 4.43. The van der Waals surface area contributed by atoms with Crippen molar-refractivity contribution in [2.45, 2.75) is 13.0 Å². The van der Waals surface area contributed by atoms with E-state index in [-0.39, 0.29) is 6.04 Å². The molecule has 0 amide bonds. The summed E-state index contributed by atoms with van der Waals surface area (Å²) in [7, 11) is 3.67. The first-order chi connectivity index (χ1) is 8.65. The monoisotopic (exact) mass is 325 g/mol. The maximum Gasteiger partial charge on any atom is 0.118 e. The maximum absolute atomic E-state index is 5.19. The minimum atomic E-state index is 0.212. The highest BCUT2D eigenvalue weighted by atomic mass is 79.9. The second-order valence-corrected chi connectivity index (χ2v) is 6.21. The Bertz CT molecular complexity index is 521. The number of hydrogen-bond acceptors (Lipinski definition) is 3. The fourth-order valence-electron chi connectivity index (χ4n) is 1.94. The summed E-state index contributed by atoms with van der Waals surface area (Å²) in [4.78, 5) is 2.62. The Morgan fingerprint density at radius 1 is 1.28 bits per heavy atom. The molecule has 1 unspecified atom stereocenters. The van der Waals surface area contributed by atoms with E-state index in [1.54, 1.807) is 7.11 Å². The van der Waals surface area contributed by atoms with Gasteiger partial charge in [0.1, 0.15) is 5.75 Å². The molecule has 1 atom stereocenters. The van der Waals surface area contributed by atoms with Crippen molar-refractivity contribution in [1.29, 1.82) is 0 Å². The number of halogens is 1. The second-order valence-electron chi connectivity index (χ2n) is 4.06. The first-order valence-electron chi connectivity index (χ1n) is 5.72. The molecule has 0 aliphatic carbocycles. The van der Waals surface area contributed by atoms with Crippen LogP contribution in [0.1, 0.15) is 21.4 Å². The van der Waals surface area contributed by atoms with Crippen LogP contribution in [0.25, 0.3) is 0 Å². The van der Waals surface area contributed by atoms with Crippen molar-refractivity contribution in [2.24, 2.45) is 0 Å². The van der Waals surface area contributed by atoms with E-state index in [4.69, 9.17) is 4.74 Å². The van der Waals surface area contributed by atoms with Crippen molar-refractivity contribution in [3.8, 4) is 5.75 Å². The average molecular weight is 326 g/mol. The zero-order valence-corrected chi connectivity index (χ0v) is 13.1. The molecule has 2 rings (SSSR count). The summed E-state index contributed by atoms with van der Waals surface area (Å²) in [6.45, 7) is 2.12. The summed E-state index contributed by atoms with van der Waals surface area (Å²) in [5.41, 5.74) is 1.24. The van der Waals surface area contributed by atoms with Gasteiger partial charge in [0.05, 0.1) is 13.2 Å². The summed E-state index contributed by atoms with van der Waals surface area (Å²) in [6.07, 6.45) is 0. The molecule has 2 aromatic rings. The third-order valence-electron chi connectivity index (χ3n) is 2.84. The van der Waals surface area contributed by atoms with Crippen LogP contribution < -0.4 is 10.1 Å². The lowest BCUT2D eigenvalue weighted by Gasteiger charge is -2.16. The van der Waals surface area contributed by atoms with Gasteiger partial charge in [-0.3, -0.25) is 0 Å². The minimum Gasteiger partial charge on any atom is -0.497 e. The zero-order valence-electron chi connectivity index (χ0n) is 10.7. The average Bonchev–Trinajstić information content (AvgIpc) is 2.70. The molecular formula is C14H16BrNOS. The van der Waals surface area contributed by atoms with E-state index in [0.717, 1.165) is 5.75 Å². The first-order valence-corrected chi connectivity index (χ1v) is 7.33. The number of hydrogen-bond donors (Lipinski definition) is 1. The van der Waals surface area contributed by atoms with Gasteiger partial charge in [0.25, 0.3) is 0 Å². The molecule has 0 saturated carbocycles. The summed E-state index contributed by atoms with van der Waals surface area (Å²) in [6, 6.07) is 10.6. The Morgan fingerprint density at radius 2 is 1.94 bits per heavy atom. The number of methoxy groups -OCH3 is 1. The molecule has 1 heterocycles. The fourth-order valence-corrected chi connectivity index (χ4v) is 3.96. The molecule has 0 spiro atoms. The van der Waals surface area contributed by atoms with Gasteiger partial charge < -0.3 is 10.1 Å². The maximum atomic E-state index is 5.19. The summed E-state index contributed by atoms with van der Waals surface area (Å²) < 4.78 is 6.36. The molecule has 0 radical (unpaired) electrons. The number of thiophene rings is 1. The molecule has 0 aliphatic rings. The van der Waals surface area contributed by atoms with Gasteiger partial charge in [-0.2, -0.15) is 0 Å². The zero-order chi connectivity index (χ0) is 13.1. The third-order valence-corrected chi connectivity index (χ3v) is 4.87. The van der Waals surface area contributed by atoms with Crippen LogP contribution in [0.5, 0.6) is 5.75 Å². The second kappa shape index (κ2) is 5.87. The molecule has 0 fully saturated rings. The van der Waals surface area contributed by atoms with Gasteiger partial charge in [-0.15, -0.1) is 11.3 Å². The van der Waals surface area contributed by atoms with Crippen LogP contribution in [0.2, 0.25) is 0 Å². The predicted octanol–water partition coefficient (Wildman–Crippen LogP) is 4.14. The van der Waals surface area contributed by atoms with Gasteiger partial charge in [-0.1, -0.05) is 12.1 Å². The lowest BCUT2D eigenvalue weighted by Crippen LogP contribution is -2.16. The van der Waals surface area contributed by atoms with Crippen LogP contribution in [-0.4, -0.2) is 14.2 Å². The fraction of sp³-hybridized carbons (Fsp3) is 0.286. The third kappa shape index (κ3) is 2.76. The van der Waals surface area contributed by atoms with Crippen LogP contribution in [-0.2, 0) is 0 Å². The largest absolute Gasteiger partial charge is 0.497 e. The van der Waals surface area contributed by atoms with Crippen molar-refractivity contribution in [3.05, 3.63) is 50.1 Å². The smallest absolute Gasteiger partial charge is 0.118 e. The standard InChI is InChI=1S/C14H16BrNOS/c1-9-8-12(15)14(18-9)13(16-2)10-4-6-11(17-3)7-5-10/h4-8,13,16H,1-3H3. The Morgan fingerprint density at radius 3 is 2.39 bits per heavy atom. The van der Waals surface area contributed by atoms with Crippen LogP contribution >= 0.6 is 27.3 Å². The van der Waals surface area contributed by atoms with Crippen molar-refractivity contribution < 1.29 is 4.74 Å². The van der Waals surface area contributed by atoms with E-state index < -0.39 is 0 Å². The Labute approximate surface area is 120 Å². The van der Waals surface area contributed by atoms with Crippen molar-refractivity contribution in [3.63, 3.8) is 0 Å². The molecule has 0 bridgehead atoms. The van der Waals surface area contributed by atoms with Gasteiger partial charge in [0.15, 0.2) is 0 Å². The molecule has 96 valence electrons. The minimum absolute atomic E-state index is 0.212. The van der Waals surface area contributed by atoms with Crippen LogP contribution in [0.4, 0.5) is 0 Å². The number of nitrogens with one attached hydrogen (secondary N) is 1. The van der Waals surface area contributed by atoms with Crippen molar-refractivity contribution >= 4 is 27.3 Å². The van der Waals surface area contributed by atoms with E-state index in [9.17, 15) is 0 Å². The lowest BCUT2D eigenvalue weighted by atomic mass is 10.1. The van der Waals surface area contributed by atoms with Crippen LogP contribution in [0, 0.1) is 6.92 Å². The molecule has 4 heteroatoms. The predicted molar refractivity (Wildman–Crippen MR) is 80.7 cm³/mol. The van der Waals surface area contributed by atoms with Crippen molar-refractivity contribution in [1.82, 2.24) is 5.32 Å². The Hall–Kier alpha value is -0.840. The highest BCUT2D eigenvalue weighted by molar-refractivity contribution is 9.10. The van der Waals surface area contributed by atoms with Gasteiger partial charge >= 0.3 is 0 Å². The lowest BCUT2D eigenvalue weighted by molar-refractivity contribution is 0.414. The van der Waals surface area contributed by atoms with Gasteiger partial charge in [-0.05, 0) is 53.7 Å².